The van der Waals surface area contributed by atoms with Gasteiger partial charge >= 0.3 is 0 Å². The first-order valence-electron chi connectivity index (χ1n) is 8.07. The van der Waals surface area contributed by atoms with Gasteiger partial charge in [0, 0.05) is 6.04 Å². The van der Waals surface area contributed by atoms with Crippen LogP contribution in [-0.4, -0.2) is 14.2 Å². The summed E-state index contributed by atoms with van der Waals surface area (Å²) in [5, 5.41) is 4.18. The highest BCUT2D eigenvalue weighted by Gasteiger charge is 2.29. The normalized spacial score (nSPS) is 24.1. The van der Waals surface area contributed by atoms with E-state index < -0.39 is 0 Å². The lowest BCUT2D eigenvalue weighted by atomic mass is 9.73. The lowest BCUT2D eigenvalue weighted by Crippen LogP contribution is -2.29. The van der Waals surface area contributed by atoms with Gasteiger partial charge in [0.1, 0.15) is 5.75 Å². The van der Waals surface area contributed by atoms with Gasteiger partial charge in [0.2, 0.25) is 0 Å². The molecule has 1 aliphatic rings. The predicted octanol–water partition coefficient (Wildman–Crippen LogP) is 5.07. The van der Waals surface area contributed by atoms with E-state index in [0.29, 0.717) is 17.0 Å². The smallest absolute Gasteiger partial charge is 0.137 e. The van der Waals surface area contributed by atoms with Gasteiger partial charge in [-0.15, -0.1) is 0 Å². The summed E-state index contributed by atoms with van der Waals surface area (Å²) < 4.78 is 5.36. The van der Waals surface area contributed by atoms with E-state index >= 15 is 0 Å². The van der Waals surface area contributed by atoms with Gasteiger partial charge in [0.15, 0.2) is 0 Å². The Morgan fingerprint density at radius 1 is 1.14 bits per heavy atom. The Balaban J connectivity index is 2.10. The molecule has 0 spiro atoms. The van der Waals surface area contributed by atoms with Crippen molar-refractivity contribution < 1.29 is 4.74 Å². The molecule has 0 bridgehead atoms. The van der Waals surface area contributed by atoms with Gasteiger partial charge in [-0.3, -0.25) is 0 Å². The van der Waals surface area contributed by atoms with Crippen molar-refractivity contribution in [1.82, 2.24) is 5.32 Å². The maximum Gasteiger partial charge on any atom is 0.137 e. The highest BCUT2D eigenvalue weighted by molar-refractivity contribution is 6.32. The summed E-state index contributed by atoms with van der Waals surface area (Å²) in [6, 6.07) is 6.54. The third-order valence-electron chi connectivity index (χ3n) is 5.08. The minimum Gasteiger partial charge on any atom is -0.495 e. The van der Waals surface area contributed by atoms with Crippen molar-refractivity contribution in [2.75, 3.05) is 14.2 Å². The minimum atomic E-state index is 0.393. The van der Waals surface area contributed by atoms with Gasteiger partial charge < -0.3 is 10.1 Å². The van der Waals surface area contributed by atoms with Gasteiger partial charge in [-0.25, -0.2) is 0 Å². The SMILES string of the molecule is CNC(c1ccc(Cl)c(OC)c1)C1CCC(C(C)C)CC1. The Kier molecular flexibility index (Phi) is 5.95. The van der Waals surface area contributed by atoms with Crippen LogP contribution in [0.3, 0.4) is 0 Å². The summed E-state index contributed by atoms with van der Waals surface area (Å²) in [5.74, 6) is 3.19. The molecule has 0 heterocycles. The van der Waals surface area contributed by atoms with Crippen molar-refractivity contribution in [3.63, 3.8) is 0 Å². The Hall–Kier alpha value is -0.730. The van der Waals surface area contributed by atoms with E-state index in [1.807, 2.05) is 6.07 Å². The van der Waals surface area contributed by atoms with E-state index in [9.17, 15) is 0 Å². The summed E-state index contributed by atoms with van der Waals surface area (Å²) in [4.78, 5) is 0. The Morgan fingerprint density at radius 2 is 1.76 bits per heavy atom. The molecule has 1 atom stereocenters. The fourth-order valence-corrected chi connectivity index (χ4v) is 3.88. The first kappa shape index (κ1) is 16.6. The molecule has 1 fully saturated rings. The van der Waals surface area contributed by atoms with Crippen molar-refractivity contribution in [2.24, 2.45) is 17.8 Å². The first-order chi connectivity index (χ1) is 10.1. The van der Waals surface area contributed by atoms with Gasteiger partial charge in [-0.2, -0.15) is 0 Å². The molecule has 1 aliphatic carbocycles. The molecule has 0 aromatic heterocycles. The van der Waals surface area contributed by atoms with Gasteiger partial charge in [-0.05, 0) is 68.2 Å². The molecule has 3 heteroatoms. The predicted molar refractivity (Wildman–Crippen MR) is 90.1 cm³/mol. The average Bonchev–Trinajstić information content (AvgIpc) is 2.50. The van der Waals surface area contributed by atoms with Crippen molar-refractivity contribution in [3.05, 3.63) is 28.8 Å². The fraction of sp³-hybridized carbons (Fsp3) is 0.667. The molecular formula is C18H28ClNO. The zero-order chi connectivity index (χ0) is 15.4. The number of benzene rings is 1. The van der Waals surface area contributed by atoms with Crippen LogP contribution in [0.5, 0.6) is 5.75 Å². The van der Waals surface area contributed by atoms with Gasteiger partial charge in [0.25, 0.3) is 0 Å². The summed E-state index contributed by atoms with van der Waals surface area (Å²) in [6.07, 6.45) is 5.31. The van der Waals surface area contributed by atoms with E-state index in [1.54, 1.807) is 7.11 Å². The molecule has 1 aromatic carbocycles. The number of hydrogen-bond donors (Lipinski definition) is 1. The molecule has 1 saturated carbocycles. The van der Waals surface area contributed by atoms with Crippen LogP contribution in [-0.2, 0) is 0 Å². The van der Waals surface area contributed by atoms with E-state index in [-0.39, 0.29) is 0 Å². The maximum atomic E-state index is 6.14. The molecule has 21 heavy (non-hydrogen) atoms. The second kappa shape index (κ2) is 7.51. The van der Waals surface area contributed by atoms with Crippen LogP contribution in [0.1, 0.15) is 51.1 Å². The Bertz CT molecular complexity index is 453. The molecule has 0 aliphatic heterocycles. The van der Waals surface area contributed by atoms with Crippen molar-refractivity contribution in [2.45, 2.75) is 45.6 Å². The zero-order valence-electron chi connectivity index (χ0n) is 13.7. The second-order valence-corrected chi connectivity index (χ2v) is 6.99. The molecule has 0 amide bonds. The molecule has 2 nitrogen and oxygen atoms in total. The highest BCUT2D eigenvalue weighted by atomic mass is 35.5. The molecular weight excluding hydrogens is 282 g/mol. The Labute approximate surface area is 134 Å². The summed E-state index contributed by atoms with van der Waals surface area (Å²) in [7, 11) is 3.73. The number of halogens is 1. The first-order valence-corrected chi connectivity index (χ1v) is 8.45. The maximum absolute atomic E-state index is 6.14. The summed E-state index contributed by atoms with van der Waals surface area (Å²) in [5.41, 5.74) is 1.28. The molecule has 1 aromatic rings. The highest BCUT2D eigenvalue weighted by Crippen LogP contribution is 2.40. The van der Waals surface area contributed by atoms with E-state index in [4.69, 9.17) is 16.3 Å². The average molecular weight is 310 g/mol. The third kappa shape index (κ3) is 3.92. The quantitative estimate of drug-likeness (QED) is 0.819. The summed E-state index contributed by atoms with van der Waals surface area (Å²) >= 11 is 6.14. The lowest BCUT2D eigenvalue weighted by Gasteiger charge is -2.35. The number of rotatable bonds is 5. The number of methoxy groups -OCH3 is 1. The van der Waals surface area contributed by atoms with Crippen LogP contribution >= 0.6 is 11.6 Å². The number of nitrogens with one attached hydrogen (secondary N) is 1. The molecule has 0 saturated heterocycles. The van der Waals surface area contributed by atoms with Crippen LogP contribution in [0.25, 0.3) is 0 Å². The lowest BCUT2D eigenvalue weighted by molar-refractivity contribution is 0.192. The molecule has 1 unspecified atom stereocenters. The topological polar surface area (TPSA) is 21.3 Å². The molecule has 1 N–H and O–H groups in total. The van der Waals surface area contributed by atoms with Crippen molar-refractivity contribution >= 4 is 11.6 Å². The standard InChI is InChI=1S/C18H28ClNO/c1-12(2)13-5-7-14(8-6-13)18(20-3)15-9-10-16(19)17(11-15)21-4/h9-14,18,20H,5-8H2,1-4H3. The monoisotopic (exact) mass is 309 g/mol. The zero-order valence-corrected chi connectivity index (χ0v) is 14.4. The second-order valence-electron chi connectivity index (χ2n) is 6.58. The van der Waals surface area contributed by atoms with E-state index in [1.165, 1.54) is 31.2 Å². The van der Waals surface area contributed by atoms with Crippen LogP contribution in [0.2, 0.25) is 5.02 Å². The fourth-order valence-electron chi connectivity index (χ4n) is 3.69. The Morgan fingerprint density at radius 3 is 2.29 bits per heavy atom. The van der Waals surface area contributed by atoms with Crippen LogP contribution in [0.15, 0.2) is 18.2 Å². The number of hydrogen-bond acceptors (Lipinski definition) is 2. The van der Waals surface area contributed by atoms with Crippen molar-refractivity contribution in [3.8, 4) is 5.75 Å². The summed E-state index contributed by atoms with van der Waals surface area (Å²) in [6.45, 7) is 4.70. The van der Waals surface area contributed by atoms with Crippen LogP contribution in [0.4, 0.5) is 0 Å². The molecule has 2 rings (SSSR count). The van der Waals surface area contributed by atoms with Crippen LogP contribution < -0.4 is 10.1 Å². The van der Waals surface area contributed by atoms with Gasteiger partial charge in [-0.1, -0.05) is 31.5 Å². The number of ether oxygens (including phenoxy) is 1. The van der Waals surface area contributed by atoms with Crippen LogP contribution in [0, 0.1) is 17.8 Å². The van der Waals surface area contributed by atoms with Crippen molar-refractivity contribution in [1.29, 1.82) is 0 Å². The minimum absolute atomic E-state index is 0.393. The molecule has 118 valence electrons. The van der Waals surface area contributed by atoms with E-state index in [0.717, 1.165) is 17.6 Å². The molecule has 0 radical (unpaired) electrons. The third-order valence-corrected chi connectivity index (χ3v) is 5.39. The van der Waals surface area contributed by atoms with Gasteiger partial charge in [0.05, 0.1) is 12.1 Å². The van der Waals surface area contributed by atoms with E-state index in [2.05, 4.69) is 38.3 Å². The largest absolute Gasteiger partial charge is 0.495 e.